The minimum Gasteiger partial charge on any atom is -0.509 e. The molecule has 0 unspecified atom stereocenters. The third-order valence-corrected chi connectivity index (χ3v) is 9.23. The molecule has 1 aliphatic heterocycles. The predicted molar refractivity (Wildman–Crippen MR) is 203 cm³/mol. The summed E-state index contributed by atoms with van der Waals surface area (Å²) < 4.78 is 11.2. The molecule has 4 heterocycles. The van der Waals surface area contributed by atoms with E-state index in [0.29, 0.717) is 11.5 Å². The van der Waals surface area contributed by atoms with Crippen LogP contribution in [0.4, 0.5) is 11.4 Å². The number of fused-ring (bicyclic) bond motifs is 5. The molecule has 5 aromatic carbocycles. The van der Waals surface area contributed by atoms with E-state index in [-0.39, 0.29) is 25.8 Å². The second-order valence-corrected chi connectivity index (χ2v) is 13.5. The number of rotatable bonds is 6. The molecule has 7 heteroatoms. The van der Waals surface area contributed by atoms with Gasteiger partial charge in [0.15, 0.2) is 0 Å². The average Bonchev–Trinajstić information content (AvgIpc) is 3.85. The second-order valence-electron chi connectivity index (χ2n) is 13.5. The molecular formula is C44H34N5OPd-3. The summed E-state index contributed by atoms with van der Waals surface area (Å²) in [7, 11) is 0. The van der Waals surface area contributed by atoms with E-state index < -0.39 is 0 Å². The zero-order chi connectivity index (χ0) is 33.8. The van der Waals surface area contributed by atoms with Gasteiger partial charge in [0, 0.05) is 60.4 Å². The van der Waals surface area contributed by atoms with E-state index in [0.717, 1.165) is 61.3 Å². The Morgan fingerprint density at radius 1 is 0.627 bits per heavy atom. The molecule has 8 aromatic rings. The smallest absolute Gasteiger partial charge is 0.135 e. The van der Waals surface area contributed by atoms with E-state index in [4.69, 9.17) is 9.72 Å². The zero-order valence-electron chi connectivity index (χ0n) is 28.4. The number of para-hydroxylation sites is 3. The number of anilines is 2. The van der Waals surface area contributed by atoms with Crippen LogP contribution in [-0.4, -0.2) is 14.1 Å². The van der Waals surface area contributed by atoms with Crippen molar-refractivity contribution >= 4 is 44.2 Å². The summed E-state index contributed by atoms with van der Waals surface area (Å²) in [6, 6.07) is 51.0. The van der Waals surface area contributed by atoms with Crippen molar-refractivity contribution in [1.82, 2.24) is 14.1 Å². The largest absolute Gasteiger partial charge is 0.509 e. The number of pyridine rings is 1. The number of ether oxygens (including phenoxy) is 1. The maximum Gasteiger partial charge on any atom is 0.135 e. The van der Waals surface area contributed by atoms with Gasteiger partial charge in [-0.25, -0.2) is 4.98 Å². The fourth-order valence-electron chi connectivity index (χ4n) is 6.78. The van der Waals surface area contributed by atoms with Crippen LogP contribution in [0.25, 0.3) is 44.3 Å². The number of hydrogen-bond donors (Lipinski definition) is 0. The van der Waals surface area contributed by atoms with Gasteiger partial charge in [-0.15, -0.1) is 48.3 Å². The van der Waals surface area contributed by atoms with Crippen molar-refractivity contribution in [3.63, 3.8) is 0 Å². The molecule has 0 radical (unpaired) electrons. The monoisotopic (exact) mass is 754 g/mol. The SMILES string of the molecule is CC(C)(C)c1cc(Oc2[c-]c3c(cc2)c2c(c4ccccc4n2-c2ccccc2)n3-c2ccccn2)[c-]c(N2C=CN(c3ccccc3)[CH-]2)c1.[Pd]. The Balaban J connectivity index is 0.00000374. The maximum absolute atomic E-state index is 6.67. The Morgan fingerprint density at radius 3 is 2.06 bits per heavy atom. The Morgan fingerprint density at radius 2 is 1.31 bits per heavy atom. The summed E-state index contributed by atoms with van der Waals surface area (Å²) in [5.41, 5.74) is 8.33. The van der Waals surface area contributed by atoms with Gasteiger partial charge in [-0.2, -0.15) is 6.07 Å². The molecular weight excluding hydrogens is 721 g/mol. The minimum absolute atomic E-state index is 0. The van der Waals surface area contributed by atoms with Gasteiger partial charge in [-0.1, -0.05) is 92.3 Å². The van der Waals surface area contributed by atoms with Crippen LogP contribution in [0.15, 0.2) is 146 Å². The summed E-state index contributed by atoms with van der Waals surface area (Å²) in [6.45, 7) is 8.70. The fraction of sp³-hybridized carbons (Fsp3) is 0.0909. The van der Waals surface area contributed by atoms with E-state index >= 15 is 0 Å². The van der Waals surface area contributed by atoms with Gasteiger partial charge in [-0.05, 0) is 60.3 Å². The molecule has 3 aromatic heterocycles. The van der Waals surface area contributed by atoms with Crippen molar-refractivity contribution in [3.05, 3.63) is 170 Å². The maximum atomic E-state index is 6.67. The number of benzene rings is 5. The van der Waals surface area contributed by atoms with Gasteiger partial charge in [0.25, 0.3) is 0 Å². The summed E-state index contributed by atoms with van der Waals surface area (Å²) in [4.78, 5) is 8.99. The van der Waals surface area contributed by atoms with E-state index in [1.165, 1.54) is 0 Å². The van der Waals surface area contributed by atoms with Gasteiger partial charge < -0.3 is 23.7 Å². The van der Waals surface area contributed by atoms with Crippen molar-refractivity contribution in [1.29, 1.82) is 0 Å². The Bertz CT molecular complexity index is 2530. The molecule has 0 atom stereocenters. The topological polar surface area (TPSA) is 38.5 Å². The summed E-state index contributed by atoms with van der Waals surface area (Å²) in [5, 5.41) is 2.20. The molecule has 6 nitrogen and oxygen atoms in total. The van der Waals surface area contributed by atoms with Gasteiger partial charge in [-0.3, -0.25) is 0 Å². The molecule has 1 aliphatic rings. The van der Waals surface area contributed by atoms with E-state index in [9.17, 15) is 0 Å². The number of aromatic nitrogens is 3. The van der Waals surface area contributed by atoms with Crippen LogP contribution in [0.1, 0.15) is 26.3 Å². The Kier molecular flexibility index (Phi) is 8.26. The normalized spacial score (nSPS) is 13.0. The van der Waals surface area contributed by atoms with Gasteiger partial charge in [0.05, 0.1) is 11.0 Å². The van der Waals surface area contributed by atoms with Crippen molar-refractivity contribution in [2.24, 2.45) is 0 Å². The quantitative estimate of drug-likeness (QED) is 0.125. The summed E-state index contributed by atoms with van der Waals surface area (Å²) >= 11 is 0. The Labute approximate surface area is 311 Å². The first kappa shape index (κ1) is 32.6. The van der Waals surface area contributed by atoms with Gasteiger partial charge >= 0.3 is 0 Å². The summed E-state index contributed by atoms with van der Waals surface area (Å²) in [5.74, 6) is 2.05. The first-order chi connectivity index (χ1) is 24.4. The van der Waals surface area contributed by atoms with Crippen LogP contribution in [0.2, 0.25) is 0 Å². The second kappa shape index (κ2) is 12.9. The average molecular weight is 755 g/mol. The molecule has 51 heavy (non-hydrogen) atoms. The number of hydrogen-bond acceptors (Lipinski definition) is 4. The zero-order valence-corrected chi connectivity index (χ0v) is 29.9. The van der Waals surface area contributed by atoms with Crippen LogP contribution in [0.5, 0.6) is 11.5 Å². The molecule has 0 saturated carbocycles. The van der Waals surface area contributed by atoms with Gasteiger partial charge in [0.1, 0.15) is 5.82 Å². The van der Waals surface area contributed by atoms with Crippen molar-refractivity contribution in [2.75, 3.05) is 9.80 Å². The van der Waals surface area contributed by atoms with Crippen LogP contribution < -0.4 is 14.5 Å². The fourth-order valence-corrected chi connectivity index (χ4v) is 6.78. The Hall–Kier alpha value is -5.61. The molecule has 9 rings (SSSR count). The first-order valence-corrected chi connectivity index (χ1v) is 16.8. The van der Waals surface area contributed by atoms with E-state index in [2.05, 4.69) is 150 Å². The standard InChI is InChI=1S/C44H34N5O.Pd/c1-44(2,3)31-26-34(47-25-24-46(30-47)32-14-6-4-7-15-32)28-36(27-31)50-35-21-22-38-40(29-35)49(41-20-12-13-23-45-41)43-37-18-10-11-19-39(37)48(42(38)43)33-16-8-5-9-17-33;/h4-27,30H,1-3H3;/q-3;. The number of nitrogens with zero attached hydrogens (tertiary/aromatic N) is 5. The predicted octanol–water partition coefficient (Wildman–Crippen LogP) is 10.7. The molecule has 0 N–H and O–H groups in total. The molecule has 254 valence electrons. The van der Waals surface area contributed by atoms with Crippen molar-refractivity contribution in [3.8, 4) is 23.0 Å². The summed E-state index contributed by atoms with van der Waals surface area (Å²) in [6.07, 6.45) is 5.93. The third-order valence-electron chi connectivity index (χ3n) is 9.23. The van der Waals surface area contributed by atoms with Crippen LogP contribution in [-0.2, 0) is 25.8 Å². The molecule has 0 fully saturated rings. The van der Waals surface area contributed by atoms with Crippen molar-refractivity contribution < 1.29 is 25.2 Å². The minimum atomic E-state index is -0.110. The van der Waals surface area contributed by atoms with Crippen LogP contribution >= 0.6 is 0 Å². The van der Waals surface area contributed by atoms with E-state index in [1.54, 1.807) is 0 Å². The first-order valence-electron chi connectivity index (χ1n) is 16.8. The molecule has 0 aliphatic carbocycles. The molecule has 0 bridgehead atoms. The molecule has 0 amide bonds. The van der Waals surface area contributed by atoms with Crippen molar-refractivity contribution in [2.45, 2.75) is 26.2 Å². The molecule has 0 spiro atoms. The van der Waals surface area contributed by atoms with E-state index in [1.807, 2.05) is 54.9 Å². The van der Waals surface area contributed by atoms with Gasteiger partial charge in [0.2, 0.25) is 0 Å². The third kappa shape index (κ3) is 5.79. The van der Waals surface area contributed by atoms with Crippen LogP contribution in [0.3, 0.4) is 0 Å². The van der Waals surface area contributed by atoms with Crippen LogP contribution in [0, 0.1) is 18.8 Å². The molecule has 0 saturated heterocycles.